The first kappa shape index (κ1) is 15.2. The summed E-state index contributed by atoms with van der Waals surface area (Å²) in [4.78, 5) is 21.8. The topological polar surface area (TPSA) is 78.7 Å². The summed E-state index contributed by atoms with van der Waals surface area (Å²) in [5, 5.41) is 10.8. The molecular weight excluding hydrogens is 274 g/mol. The van der Waals surface area contributed by atoms with Crippen molar-refractivity contribution in [1.29, 1.82) is 0 Å². The first-order valence-electron chi connectivity index (χ1n) is 5.59. The molecule has 0 N–H and O–H groups in total. The second-order valence-electron chi connectivity index (χ2n) is 3.66. The van der Waals surface area contributed by atoms with Gasteiger partial charge in [-0.1, -0.05) is 0 Å². The zero-order valence-electron chi connectivity index (χ0n) is 10.6. The molecular formula is C12H14ClNO5. The number of hydrogen-bond acceptors (Lipinski definition) is 5. The van der Waals surface area contributed by atoms with E-state index in [0.29, 0.717) is 16.9 Å². The van der Waals surface area contributed by atoms with Crippen molar-refractivity contribution >= 4 is 23.3 Å². The van der Waals surface area contributed by atoms with Crippen molar-refractivity contribution in [3.8, 4) is 5.75 Å². The van der Waals surface area contributed by atoms with Crippen molar-refractivity contribution in [2.45, 2.75) is 19.2 Å². The maximum Gasteiger partial charge on any atom is 0.310 e. The first-order chi connectivity index (χ1) is 9.03. The normalized spacial score (nSPS) is 10.1. The summed E-state index contributed by atoms with van der Waals surface area (Å²) in [5.41, 5.74) is 0.854. The second-order valence-corrected chi connectivity index (χ2v) is 3.93. The third-order valence-electron chi connectivity index (χ3n) is 2.49. The molecule has 0 aliphatic heterocycles. The fraction of sp³-hybridized carbons (Fsp3) is 0.417. The highest BCUT2D eigenvalue weighted by atomic mass is 35.5. The Balaban J connectivity index is 3.21. The van der Waals surface area contributed by atoms with E-state index < -0.39 is 10.9 Å². The molecule has 6 nitrogen and oxygen atoms in total. The third kappa shape index (κ3) is 3.82. The zero-order valence-corrected chi connectivity index (χ0v) is 11.4. The van der Waals surface area contributed by atoms with Crippen molar-refractivity contribution in [1.82, 2.24) is 0 Å². The van der Waals surface area contributed by atoms with Gasteiger partial charge in [-0.05, 0) is 12.5 Å². The lowest BCUT2D eigenvalue weighted by Gasteiger charge is -2.11. The number of alkyl halides is 1. The van der Waals surface area contributed by atoms with Crippen molar-refractivity contribution in [3.05, 3.63) is 33.4 Å². The molecule has 0 fully saturated rings. The predicted molar refractivity (Wildman–Crippen MR) is 69.5 cm³/mol. The third-order valence-corrected chi connectivity index (χ3v) is 2.76. The Hall–Kier alpha value is -1.82. The summed E-state index contributed by atoms with van der Waals surface area (Å²) >= 11 is 5.81. The molecule has 0 heterocycles. The van der Waals surface area contributed by atoms with E-state index in [1.807, 2.05) is 0 Å². The van der Waals surface area contributed by atoms with E-state index in [9.17, 15) is 14.9 Å². The van der Waals surface area contributed by atoms with Gasteiger partial charge < -0.3 is 9.47 Å². The molecule has 0 radical (unpaired) electrons. The minimum atomic E-state index is -0.546. The number of non-ortho nitro benzene ring substituents is 1. The number of methoxy groups -OCH3 is 1. The molecule has 0 atom stereocenters. The standard InChI is InChI=1S/C12H14ClNO5/c1-3-19-12(15)5-8-4-9(14(16)17)6-11(18-2)10(8)7-13/h4,6H,3,5,7H2,1-2H3. The largest absolute Gasteiger partial charge is 0.496 e. The quantitative estimate of drug-likeness (QED) is 0.347. The van der Waals surface area contributed by atoms with Crippen LogP contribution in [0.2, 0.25) is 0 Å². The molecule has 0 unspecified atom stereocenters. The number of carbonyl (C=O) groups excluding carboxylic acids is 1. The van der Waals surface area contributed by atoms with Gasteiger partial charge in [0.1, 0.15) is 5.75 Å². The predicted octanol–water partition coefficient (Wildman–Crippen LogP) is 2.45. The Morgan fingerprint density at radius 3 is 2.63 bits per heavy atom. The van der Waals surface area contributed by atoms with Gasteiger partial charge in [-0.3, -0.25) is 14.9 Å². The maximum atomic E-state index is 11.5. The number of hydrogen-bond donors (Lipinski definition) is 0. The number of halogens is 1. The summed E-state index contributed by atoms with van der Waals surface area (Å²) in [6.45, 7) is 1.94. The summed E-state index contributed by atoms with van der Waals surface area (Å²) in [6, 6.07) is 2.60. The van der Waals surface area contributed by atoms with Gasteiger partial charge in [-0.2, -0.15) is 0 Å². The van der Waals surface area contributed by atoms with E-state index in [4.69, 9.17) is 21.1 Å². The molecule has 0 aromatic heterocycles. The SMILES string of the molecule is CCOC(=O)Cc1cc([N+](=O)[O-])cc(OC)c1CCl. The molecule has 0 saturated heterocycles. The average Bonchev–Trinajstić information content (AvgIpc) is 2.37. The molecule has 7 heteroatoms. The van der Waals surface area contributed by atoms with Crippen LogP contribution in [-0.4, -0.2) is 24.6 Å². The van der Waals surface area contributed by atoms with Gasteiger partial charge in [0, 0.05) is 11.6 Å². The van der Waals surface area contributed by atoms with Crippen LogP contribution < -0.4 is 4.74 Å². The molecule has 0 amide bonds. The van der Waals surface area contributed by atoms with E-state index >= 15 is 0 Å². The number of rotatable bonds is 6. The summed E-state index contributed by atoms with van der Waals surface area (Å²) in [7, 11) is 1.39. The lowest BCUT2D eigenvalue weighted by atomic mass is 10.0. The number of nitro benzene ring substituents is 1. The van der Waals surface area contributed by atoms with Crippen LogP contribution in [0.4, 0.5) is 5.69 Å². The molecule has 0 aliphatic rings. The fourth-order valence-electron chi connectivity index (χ4n) is 1.65. The summed E-state index contributed by atoms with van der Waals surface area (Å²) in [5.74, 6) is -0.0736. The van der Waals surface area contributed by atoms with Crippen LogP contribution in [0, 0.1) is 10.1 Å². The van der Waals surface area contributed by atoms with E-state index in [2.05, 4.69) is 0 Å². The van der Waals surface area contributed by atoms with Crippen LogP contribution >= 0.6 is 11.6 Å². The van der Waals surface area contributed by atoms with Crippen LogP contribution in [0.1, 0.15) is 18.1 Å². The Bertz CT molecular complexity index is 489. The zero-order chi connectivity index (χ0) is 14.4. The Morgan fingerprint density at radius 2 is 2.16 bits per heavy atom. The first-order valence-corrected chi connectivity index (χ1v) is 6.12. The molecule has 104 valence electrons. The highest BCUT2D eigenvalue weighted by Crippen LogP contribution is 2.30. The molecule has 1 rings (SSSR count). The minimum absolute atomic E-state index is 0.0755. The fourth-order valence-corrected chi connectivity index (χ4v) is 1.95. The van der Waals surface area contributed by atoms with Crippen LogP contribution in [0.25, 0.3) is 0 Å². The van der Waals surface area contributed by atoms with Crippen molar-refractivity contribution in [2.75, 3.05) is 13.7 Å². The number of nitrogens with zero attached hydrogens (tertiary/aromatic N) is 1. The molecule has 19 heavy (non-hydrogen) atoms. The van der Waals surface area contributed by atoms with Crippen LogP contribution in [0.3, 0.4) is 0 Å². The Kier molecular flexibility index (Phi) is 5.57. The van der Waals surface area contributed by atoms with E-state index in [-0.39, 0.29) is 24.6 Å². The van der Waals surface area contributed by atoms with Crippen LogP contribution in [0.5, 0.6) is 5.75 Å². The number of ether oxygens (including phenoxy) is 2. The van der Waals surface area contributed by atoms with Crippen LogP contribution in [-0.2, 0) is 21.8 Å². The lowest BCUT2D eigenvalue weighted by Crippen LogP contribution is -2.10. The number of esters is 1. The molecule has 1 aromatic rings. The summed E-state index contributed by atoms with van der Waals surface area (Å²) in [6.07, 6.45) is -0.0755. The Morgan fingerprint density at radius 1 is 1.47 bits per heavy atom. The van der Waals surface area contributed by atoms with Gasteiger partial charge in [0.05, 0.1) is 37.0 Å². The van der Waals surface area contributed by atoms with Gasteiger partial charge in [-0.15, -0.1) is 11.6 Å². The molecule has 0 spiro atoms. The van der Waals surface area contributed by atoms with Gasteiger partial charge in [0.15, 0.2) is 0 Å². The molecule has 1 aromatic carbocycles. The Labute approximate surface area is 115 Å². The van der Waals surface area contributed by atoms with Gasteiger partial charge in [0.25, 0.3) is 5.69 Å². The lowest BCUT2D eigenvalue weighted by molar-refractivity contribution is -0.385. The van der Waals surface area contributed by atoms with Crippen molar-refractivity contribution in [2.24, 2.45) is 0 Å². The van der Waals surface area contributed by atoms with E-state index in [0.717, 1.165) is 0 Å². The van der Waals surface area contributed by atoms with Gasteiger partial charge in [0.2, 0.25) is 0 Å². The van der Waals surface area contributed by atoms with Crippen molar-refractivity contribution < 1.29 is 19.2 Å². The molecule has 0 saturated carbocycles. The molecule has 0 aliphatic carbocycles. The second kappa shape index (κ2) is 6.94. The molecule has 0 bridgehead atoms. The minimum Gasteiger partial charge on any atom is -0.496 e. The van der Waals surface area contributed by atoms with Gasteiger partial charge >= 0.3 is 5.97 Å². The smallest absolute Gasteiger partial charge is 0.310 e. The van der Waals surface area contributed by atoms with Gasteiger partial charge in [-0.25, -0.2) is 0 Å². The van der Waals surface area contributed by atoms with E-state index in [1.165, 1.54) is 19.2 Å². The number of nitro groups is 1. The van der Waals surface area contributed by atoms with Crippen molar-refractivity contribution in [3.63, 3.8) is 0 Å². The number of carbonyl (C=O) groups is 1. The average molecular weight is 288 g/mol. The summed E-state index contributed by atoms with van der Waals surface area (Å²) < 4.78 is 9.89. The van der Waals surface area contributed by atoms with E-state index in [1.54, 1.807) is 6.92 Å². The highest BCUT2D eigenvalue weighted by Gasteiger charge is 2.19. The monoisotopic (exact) mass is 287 g/mol. The van der Waals surface area contributed by atoms with Crippen LogP contribution in [0.15, 0.2) is 12.1 Å². The number of benzene rings is 1. The highest BCUT2D eigenvalue weighted by molar-refractivity contribution is 6.17. The maximum absolute atomic E-state index is 11.5.